The molecule has 3 rings (SSSR count). The van der Waals surface area contributed by atoms with Gasteiger partial charge in [-0.05, 0) is 37.6 Å². The Kier molecular flexibility index (Phi) is 5.39. The number of esters is 1. The van der Waals surface area contributed by atoms with Gasteiger partial charge in [-0.25, -0.2) is 14.2 Å². The molecule has 1 amide bonds. The van der Waals surface area contributed by atoms with E-state index >= 15 is 0 Å². The maximum absolute atomic E-state index is 13.3. The van der Waals surface area contributed by atoms with E-state index in [1.807, 2.05) is 6.92 Å². The summed E-state index contributed by atoms with van der Waals surface area (Å²) in [4.78, 5) is 30.6. The average molecular weight is 384 g/mol. The van der Waals surface area contributed by atoms with Crippen molar-refractivity contribution in [3.63, 3.8) is 0 Å². The van der Waals surface area contributed by atoms with Gasteiger partial charge in [-0.3, -0.25) is 9.48 Å². The summed E-state index contributed by atoms with van der Waals surface area (Å²) in [6.07, 6.45) is 0.413. The molecule has 0 aliphatic rings. The third-order valence-corrected chi connectivity index (χ3v) is 4.42. The number of hydrogen-bond donors (Lipinski definition) is 0. The van der Waals surface area contributed by atoms with Crippen LogP contribution in [0.2, 0.25) is 0 Å². The van der Waals surface area contributed by atoms with Crippen LogP contribution >= 0.6 is 0 Å². The predicted octanol–water partition coefficient (Wildman–Crippen LogP) is 2.62. The number of amides is 1. The van der Waals surface area contributed by atoms with E-state index in [0.29, 0.717) is 11.2 Å². The van der Waals surface area contributed by atoms with Gasteiger partial charge >= 0.3 is 5.97 Å². The number of carbonyl (C=O) groups excluding carboxylic acids is 2. The number of fused-ring (bicyclic) bond motifs is 1. The monoisotopic (exact) mass is 384 g/mol. The molecule has 0 unspecified atom stereocenters. The minimum absolute atomic E-state index is 0.209. The Bertz CT molecular complexity index is 1050. The van der Waals surface area contributed by atoms with Gasteiger partial charge in [-0.1, -0.05) is 12.1 Å². The van der Waals surface area contributed by atoms with Crippen LogP contribution in [0.3, 0.4) is 0 Å². The summed E-state index contributed by atoms with van der Waals surface area (Å²) < 4.78 is 20.2. The molecule has 0 saturated carbocycles. The lowest BCUT2D eigenvalue weighted by molar-refractivity contribution is -0.139. The number of carbonyl (C=O) groups is 2. The van der Waals surface area contributed by atoms with E-state index in [9.17, 15) is 14.0 Å². The molecule has 0 spiro atoms. The molecule has 0 saturated heterocycles. The van der Waals surface area contributed by atoms with E-state index in [1.165, 1.54) is 30.2 Å². The summed E-state index contributed by atoms with van der Waals surface area (Å²) in [6, 6.07) is 7.65. The normalized spacial score (nSPS) is 12.0. The number of benzene rings is 1. The fourth-order valence-electron chi connectivity index (χ4n) is 3.00. The molecule has 1 atom stereocenters. The average Bonchev–Trinajstić information content (AvgIpc) is 2.94. The second kappa shape index (κ2) is 7.75. The van der Waals surface area contributed by atoms with E-state index in [4.69, 9.17) is 4.74 Å². The minimum Gasteiger partial charge on any atom is -0.449 e. The first-order chi connectivity index (χ1) is 13.3. The fourth-order valence-corrected chi connectivity index (χ4v) is 3.00. The van der Waals surface area contributed by atoms with Gasteiger partial charge in [-0.2, -0.15) is 5.10 Å². The van der Waals surface area contributed by atoms with E-state index in [0.717, 1.165) is 11.1 Å². The molecule has 3 aromatic rings. The Labute approximate surface area is 161 Å². The Morgan fingerprint density at radius 1 is 1.32 bits per heavy atom. The van der Waals surface area contributed by atoms with Crippen LogP contribution in [0.15, 0.2) is 36.5 Å². The van der Waals surface area contributed by atoms with Crippen molar-refractivity contribution in [2.45, 2.75) is 26.5 Å². The standard InChI is InChI=1S/C20H21FN4O3/c1-12-17-9-15(10-22-18(17)25(4)23-12)20(27)28-13(2)19(26)24(3)11-14-6-5-7-16(21)8-14/h5-10,13H,11H2,1-4H3/t13-/m0/s1. The smallest absolute Gasteiger partial charge is 0.340 e. The Hall–Kier alpha value is -3.29. The summed E-state index contributed by atoms with van der Waals surface area (Å²) in [6.45, 7) is 3.54. The van der Waals surface area contributed by atoms with Gasteiger partial charge < -0.3 is 9.64 Å². The highest BCUT2D eigenvalue weighted by atomic mass is 19.1. The predicted molar refractivity (Wildman–Crippen MR) is 101 cm³/mol. The molecule has 7 nitrogen and oxygen atoms in total. The van der Waals surface area contributed by atoms with E-state index in [1.54, 1.807) is 37.0 Å². The van der Waals surface area contributed by atoms with Gasteiger partial charge in [0.15, 0.2) is 11.8 Å². The lowest BCUT2D eigenvalue weighted by Crippen LogP contribution is -2.37. The molecule has 8 heteroatoms. The molecule has 0 aliphatic heterocycles. The van der Waals surface area contributed by atoms with Gasteiger partial charge in [0.2, 0.25) is 0 Å². The fraction of sp³-hybridized carbons (Fsp3) is 0.300. The molecule has 2 heterocycles. The topological polar surface area (TPSA) is 77.3 Å². The summed E-state index contributed by atoms with van der Waals surface area (Å²) >= 11 is 0. The van der Waals surface area contributed by atoms with Gasteiger partial charge in [0, 0.05) is 32.2 Å². The van der Waals surface area contributed by atoms with Crippen LogP contribution in [0.25, 0.3) is 11.0 Å². The molecule has 146 valence electrons. The molecular formula is C20H21FN4O3. The SMILES string of the molecule is Cc1nn(C)c2ncc(C(=O)O[C@@H](C)C(=O)N(C)Cc3cccc(F)c3)cc12. The molecule has 0 fully saturated rings. The molecular weight excluding hydrogens is 363 g/mol. The zero-order valence-corrected chi connectivity index (χ0v) is 16.1. The number of hydrogen-bond acceptors (Lipinski definition) is 5. The van der Waals surface area contributed by atoms with Crippen LogP contribution in [-0.2, 0) is 23.1 Å². The largest absolute Gasteiger partial charge is 0.449 e. The van der Waals surface area contributed by atoms with Gasteiger partial charge in [0.25, 0.3) is 5.91 Å². The zero-order valence-electron chi connectivity index (χ0n) is 16.1. The zero-order chi connectivity index (χ0) is 20.4. The number of ether oxygens (including phenoxy) is 1. The highest BCUT2D eigenvalue weighted by Gasteiger charge is 2.23. The van der Waals surface area contributed by atoms with Crippen molar-refractivity contribution in [3.05, 3.63) is 59.2 Å². The van der Waals surface area contributed by atoms with Crippen molar-refractivity contribution in [1.82, 2.24) is 19.7 Å². The Morgan fingerprint density at radius 2 is 2.07 bits per heavy atom. The molecule has 0 bridgehead atoms. The number of aryl methyl sites for hydroxylation is 2. The Morgan fingerprint density at radius 3 is 2.79 bits per heavy atom. The quantitative estimate of drug-likeness (QED) is 0.632. The summed E-state index contributed by atoms with van der Waals surface area (Å²) in [5.41, 5.74) is 2.30. The van der Waals surface area contributed by atoms with Crippen molar-refractivity contribution in [3.8, 4) is 0 Å². The number of aromatic nitrogens is 3. The number of pyridine rings is 1. The maximum atomic E-state index is 13.3. The van der Waals surface area contributed by atoms with Gasteiger partial charge in [-0.15, -0.1) is 0 Å². The van der Waals surface area contributed by atoms with Crippen molar-refractivity contribution >= 4 is 22.9 Å². The van der Waals surface area contributed by atoms with Crippen LogP contribution in [-0.4, -0.2) is 44.7 Å². The van der Waals surface area contributed by atoms with E-state index in [-0.39, 0.29) is 23.8 Å². The van der Waals surface area contributed by atoms with Crippen LogP contribution in [0.4, 0.5) is 4.39 Å². The van der Waals surface area contributed by atoms with Crippen molar-refractivity contribution < 1.29 is 18.7 Å². The summed E-state index contributed by atoms with van der Waals surface area (Å²) in [5.74, 6) is -1.40. The van der Waals surface area contributed by atoms with E-state index in [2.05, 4.69) is 10.1 Å². The first kappa shape index (κ1) is 19.5. The molecule has 1 aromatic carbocycles. The minimum atomic E-state index is -0.989. The van der Waals surface area contributed by atoms with Crippen LogP contribution in [0.1, 0.15) is 28.5 Å². The van der Waals surface area contributed by atoms with Crippen LogP contribution < -0.4 is 0 Å². The third kappa shape index (κ3) is 4.00. The summed E-state index contributed by atoms with van der Waals surface area (Å²) in [5, 5.41) is 5.01. The number of nitrogens with zero attached hydrogens (tertiary/aromatic N) is 4. The molecule has 2 aromatic heterocycles. The first-order valence-corrected chi connectivity index (χ1v) is 8.76. The number of halogens is 1. The molecule has 0 aliphatic carbocycles. The van der Waals surface area contributed by atoms with E-state index < -0.39 is 12.1 Å². The lowest BCUT2D eigenvalue weighted by Gasteiger charge is -2.21. The maximum Gasteiger partial charge on any atom is 0.340 e. The molecule has 0 N–H and O–H groups in total. The lowest BCUT2D eigenvalue weighted by atomic mass is 10.2. The molecule has 28 heavy (non-hydrogen) atoms. The van der Waals surface area contributed by atoms with Crippen molar-refractivity contribution in [2.24, 2.45) is 7.05 Å². The Balaban J connectivity index is 1.67. The number of rotatable bonds is 5. The van der Waals surface area contributed by atoms with Crippen molar-refractivity contribution in [2.75, 3.05) is 7.05 Å². The first-order valence-electron chi connectivity index (χ1n) is 8.76. The van der Waals surface area contributed by atoms with Crippen LogP contribution in [0, 0.1) is 12.7 Å². The van der Waals surface area contributed by atoms with Crippen LogP contribution in [0.5, 0.6) is 0 Å². The van der Waals surface area contributed by atoms with Gasteiger partial charge in [0.1, 0.15) is 5.82 Å². The second-order valence-corrected chi connectivity index (χ2v) is 6.68. The molecule has 0 radical (unpaired) electrons. The highest BCUT2D eigenvalue weighted by molar-refractivity contribution is 5.95. The number of likely N-dealkylation sites (N-methyl/N-ethyl adjacent to an activating group) is 1. The third-order valence-electron chi connectivity index (χ3n) is 4.42. The van der Waals surface area contributed by atoms with Crippen molar-refractivity contribution in [1.29, 1.82) is 0 Å². The summed E-state index contributed by atoms with van der Waals surface area (Å²) in [7, 11) is 3.35. The van der Waals surface area contributed by atoms with Gasteiger partial charge in [0.05, 0.1) is 11.3 Å². The second-order valence-electron chi connectivity index (χ2n) is 6.68. The highest BCUT2D eigenvalue weighted by Crippen LogP contribution is 2.17.